The van der Waals surface area contributed by atoms with Crippen LogP contribution in [0.2, 0.25) is 0 Å². The number of hydrogen-bond acceptors (Lipinski definition) is 2. The summed E-state index contributed by atoms with van der Waals surface area (Å²) in [7, 11) is 1.84. The molecule has 0 aliphatic carbocycles. The van der Waals surface area contributed by atoms with Gasteiger partial charge in [-0.3, -0.25) is 0 Å². The van der Waals surface area contributed by atoms with E-state index >= 15 is 0 Å². The Labute approximate surface area is 84.1 Å². The third kappa shape index (κ3) is 3.00. The normalized spacial score (nSPS) is 12.6. The molecule has 0 heterocycles. The fraction of sp³-hybridized carbons (Fsp3) is 0.455. The Bertz CT molecular complexity index is 301. The predicted molar refractivity (Wildman–Crippen MR) is 55.2 cm³/mol. The van der Waals surface area contributed by atoms with Gasteiger partial charge in [-0.15, -0.1) is 0 Å². The summed E-state index contributed by atoms with van der Waals surface area (Å²) in [6.45, 7) is 4.51. The Morgan fingerprint density at radius 1 is 1.50 bits per heavy atom. The molecular formula is C11H16FNO. The molecule has 0 radical (unpaired) electrons. The van der Waals surface area contributed by atoms with Crippen molar-refractivity contribution in [3.63, 3.8) is 0 Å². The maximum atomic E-state index is 13.2. The molecule has 0 spiro atoms. The van der Waals surface area contributed by atoms with Crippen molar-refractivity contribution >= 4 is 0 Å². The first-order chi connectivity index (χ1) is 6.63. The lowest BCUT2D eigenvalue weighted by atomic mass is 10.2. The third-order valence-corrected chi connectivity index (χ3v) is 1.91. The van der Waals surface area contributed by atoms with Crippen molar-refractivity contribution in [1.82, 2.24) is 5.32 Å². The lowest BCUT2D eigenvalue weighted by molar-refractivity contribution is 0.211. The van der Waals surface area contributed by atoms with E-state index in [-0.39, 0.29) is 11.9 Å². The lowest BCUT2D eigenvalue weighted by Crippen LogP contribution is -2.26. The van der Waals surface area contributed by atoms with Crippen molar-refractivity contribution in [1.29, 1.82) is 0 Å². The summed E-state index contributed by atoms with van der Waals surface area (Å²) < 4.78 is 18.7. The summed E-state index contributed by atoms with van der Waals surface area (Å²) in [6, 6.07) is 4.86. The first-order valence-corrected chi connectivity index (χ1v) is 4.71. The van der Waals surface area contributed by atoms with Crippen molar-refractivity contribution in [2.75, 3.05) is 13.6 Å². The average Bonchev–Trinajstić information content (AvgIpc) is 2.12. The van der Waals surface area contributed by atoms with Crippen LogP contribution in [0, 0.1) is 12.7 Å². The highest BCUT2D eigenvalue weighted by Crippen LogP contribution is 2.19. The molecule has 3 heteroatoms. The fourth-order valence-corrected chi connectivity index (χ4v) is 1.25. The van der Waals surface area contributed by atoms with Crippen LogP contribution in [0.25, 0.3) is 0 Å². The van der Waals surface area contributed by atoms with Crippen molar-refractivity contribution in [3.05, 3.63) is 29.6 Å². The zero-order chi connectivity index (χ0) is 10.6. The van der Waals surface area contributed by atoms with Gasteiger partial charge in [-0.2, -0.15) is 0 Å². The summed E-state index contributed by atoms with van der Waals surface area (Å²) in [4.78, 5) is 0. The van der Waals surface area contributed by atoms with Gasteiger partial charge < -0.3 is 10.1 Å². The Balaban J connectivity index is 2.70. The van der Waals surface area contributed by atoms with Gasteiger partial charge in [0.1, 0.15) is 6.10 Å². The number of likely N-dealkylation sites (N-methyl/N-ethyl adjacent to an activating group) is 1. The van der Waals surface area contributed by atoms with Gasteiger partial charge in [-0.1, -0.05) is 6.07 Å². The minimum atomic E-state index is -0.307. The van der Waals surface area contributed by atoms with Crippen LogP contribution in [0.3, 0.4) is 0 Å². The largest absolute Gasteiger partial charge is 0.486 e. The van der Waals surface area contributed by atoms with Gasteiger partial charge in [0.25, 0.3) is 0 Å². The van der Waals surface area contributed by atoms with Crippen LogP contribution in [0.4, 0.5) is 4.39 Å². The first kappa shape index (κ1) is 11.0. The smallest absolute Gasteiger partial charge is 0.165 e. The van der Waals surface area contributed by atoms with Crippen molar-refractivity contribution < 1.29 is 9.13 Å². The number of aryl methyl sites for hydroxylation is 1. The highest BCUT2D eigenvalue weighted by atomic mass is 19.1. The summed E-state index contributed by atoms with van der Waals surface area (Å²) >= 11 is 0. The number of nitrogens with one attached hydrogen (secondary N) is 1. The molecule has 0 amide bonds. The van der Waals surface area contributed by atoms with Gasteiger partial charge in [0.2, 0.25) is 0 Å². The first-order valence-electron chi connectivity index (χ1n) is 4.71. The maximum Gasteiger partial charge on any atom is 0.165 e. The quantitative estimate of drug-likeness (QED) is 0.798. The van der Waals surface area contributed by atoms with E-state index in [9.17, 15) is 4.39 Å². The molecule has 1 aromatic carbocycles. The number of hydrogen-bond donors (Lipinski definition) is 1. The Hall–Kier alpha value is -1.09. The minimum Gasteiger partial charge on any atom is -0.486 e. The SMILES string of the molecule is CNC[C@H](C)Oc1cc(C)ccc1F. The molecule has 0 unspecified atom stereocenters. The molecule has 1 aromatic rings. The molecule has 14 heavy (non-hydrogen) atoms. The van der Waals surface area contributed by atoms with Gasteiger partial charge >= 0.3 is 0 Å². The highest BCUT2D eigenvalue weighted by molar-refractivity contribution is 5.29. The topological polar surface area (TPSA) is 21.3 Å². The molecule has 0 fully saturated rings. The summed E-state index contributed by atoms with van der Waals surface area (Å²) in [5.41, 5.74) is 0.998. The molecule has 0 saturated carbocycles. The van der Waals surface area contributed by atoms with Gasteiger partial charge in [0.15, 0.2) is 11.6 Å². The molecule has 0 bridgehead atoms. The molecule has 0 saturated heterocycles. The van der Waals surface area contributed by atoms with E-state index in [1.54, 1.807) is 12.1 Å². The van der Waals surface area contributed by atoms with Gasteiger partial charge in [-0.05, 0) is 38.6 Å². The van der Waals surface area contributed by atoms with Gasteiger partial charge in [0, 0.05) is 6.54 Å². The molecule has 1 rings (SSSR count). The van der Waals surface area contributed by atoms with Crippen LogP contribution in [0.1, 0.15) is 12.5 Å². The Morgan fingerprint density at radius 3 is 2.86 bits per heavy atom. The van der Waals surface area contributed by atoms with Crippen molar-refractivity contribution in [3.8, 4) is 5.75 Å². The number of ether oxygens (including phenoxy) is 1. The summed E-state index contributed by atoms with van der Waals surface area (Å²) in [5, 5.41) is 2.97. The Kier molecular flexibility index (Phi) is 3.89. The second kappa shape index (κ2) is 4.96. The maximum absolute atomic E-state index is 13.2. The number of benzene rings is 1. The van der Waals surface area contributed by atoms with Gasteiger partial charge in [0.05, 0.1) is 0 Å². The monoisotopic (exact) mass is 197 g/mol. The second-order valence-corrected chi connectivity index (χ2v) is 3.42. The zero-order valence-electron chi connectivity index (χ0n) is 8.80. The molecule has 1 atom stereocenters. The van der Waals surface area contributed by atoms with E-state index in [0.29, 0.717) is 12.3 Å². The summed E-state index contributed by atoms with van der Waals surface area (Å²) in [5.74, 6) is 0.0197. The van der Waals surface area contributed by atoms with Crippen LogP contribution >= 0.6 is 0 Å². The van der Waals surface area contributed by atoms with Crippen LogP contribution in [0.15, 0.2) is 18.2 Å². The molecule has 2 nitrogen and oxygen atoms in total. The molecular weight excluding hydrogens is 181 g/mol. The lowest BCUT2D eigenvalue weighted by Gasteiger charge is -2.14. The molecule has 1 N–H and O–H groups in total. The van der Waals surface area contributed by atoms with Crippen LogP contribution in [0.5, 0.6) is 5.75 Å². The van der Waals surface area contributed by atoms with Gasteiger partial charge in [-0.25, -0.2) is 4.39 Å². The predicted octanol–water partition coefficient (Wildman–Crippen LogP) is 2.12. The number of halogens is 1. The van der Waals surface area contributed by atoms with E-state index in [1.165, 1.54) is 6.07 Å². The zero-order valence-corrected chi connectivity index (χ0v) is 8.80. The van der Waals surface area contributed by atoms with Crippen molar-refractivity contribution in [2.24, 2.45) is 0 Å². The highest BCUT2D eigenvalue weighted by Gasteiger charge is 2.07. The second-order valence-electron chi connectivity index (χ2n) is 3.42. The fourth-order valence-electron chi connectivity index (χ4n) is 1.25. The molecule has 0 aliphatic rings. The average molecular weight is 197 g/mol. The molecule has 78 valence electrons. The van der Waals surface area contributed by atoms with E-state index in [2.05, 4.69) is 5.32 Å². The molecule has 0 aromatic heterocycles. The minimum absolute atomic E-state index is 0.0312. The Morgan fingerprint density at radius 2 is 2.21 bits per heavy atom. The van der Waals surface area contributed by atoms with E-state index in [0.717, 1.165) is 5.56 Å². The van der Waals surface area contributed by atoms with Crippen LogP contribution in [-0.2, 0) is 0 Å². The standard InChI is InChI=1S/C11H16FNO/c1-8-4-5-10(12)11(6-8)14-9(2)7-13-3/h4-6,9,13H,7H2,1-3H3/t9-/m0/s1. The van der Waals surface area contributed by atoms with Crippen LogP contribution < -0.4 is 10.1 Å². The molecule has 0 aliphatic heterocycles. The van der Waals surface area contributed by atoms with Crippen LogP contribution in [-0.4, -0.2) is 19.7 Å². The van der Waals surface area contributed by atoms with E-state index in [4.69, 9.17) is 4.74 Å². The number of rotatable bonds is 4. The van der Waals surface area contributed by atoms with Crippen molar-refractivity contribution in [2.45, 2.75) is 20.0 Å². The summed E-state index contributed by atoms with van der Waals surface area (Å²) in [6.07, 6.45) is -0.0312. The third-order valence-electron chi connectivity index (χ3n) is 1.91. The van der Waals surface area contributed by atoms with E-state index in [1.807, 2.05) is 20.9 Å². The van der Waals surface area contributed by atoms with E-state index < -0.39 is 0 Å².